The fourth-order valence-electron chi connectivity index (χ4n) is 11.1. The third-order valence-corrected chi connectivity index (χ3v) is 14.9. The molecule has 16 nitrogen and oxygen atoms in total. The zero-order valence-electron chi connectivity index (χ0n) is 43.0. The monoisotopic (exact) mass is 1010 g/mol. The Bertz CT molecular complexity index is 2820. The predicted molar refractivity (Wildman–Crippen MR) is 284 cm³/mol. The molecule has 2 unspecified atom stereocenters. The fraction of sp³-hybridized carbons (Fsp3) is 0.379. The number of aliphatic hydroxyl groups excluding tert-OH is 2. The molecule has 74 heavy (non-hydrogen) atoms. The molecule has 390 valence electrons. The highest BCUT2D eigenvalue weighted by molar-refractivity contribution is 6.00. The van der Waals surface area contributed by atoms with Crippen molar-refractivity contribution < 1.29 is 49.1 Å². The number of aliphatic hydroxyl groups is 2. The van der Waals surface area contributed by atoms with Gasteiger partial charge in [-0.2, -0.15) is 0 Å². The molecule has 4 aromatic carbocycles. The molecule has 16 heteroatoms. The lowest BCUT2D eigenvalue weighted by atomic mass is 9.79. The van der Waals surface area contributed by atoms with Gasteiger partial charge in [0.25, 0.3) is 0 Å². The molecule has 2 aliphatic heterocycles. The molecule has 0 saturated carbocycles. The average Bonchev–Trinajstić information content (AvgIpc) is 4.06. The lowest BCUT2D eigenvalue weighted by molar-refractivity contribution is -0.165. The topological polar surface area (TPSA) is 212 Å². The largest absolute Gasteiger partial charge is 0.497 e. The number of aromatic amines is 2. The number of benzene rings is 4. The molecular weight excluding hydrogens is 941 g/mol. The van der Waals surface area contributed by atoms with Gasteiger partial charge in [0.2, 0.25) is 11.8 Å². The number of rotatable bonds is 15. The number of nitrogens with zero attached hydrogens (tertiary/aromatic N) is 4. The van der Waals surface area contributed by atoms with Crippen molar-refractivity contribution in [2.75, 3.05) is 53.5 Å². The number of hydrogen-bond donors (Lipinski definition) is 6. The molecule has 0 radical (unpaired) electrons. The van der Waals surface area contributed by atoms with Crippen molar-refractivity contribution in [2.24, 2.45) is 11.8 Å². The van der Waals surface area contributed by atoms with E-state index in [1.54, 1.807) is 14.2 Å². The van der Waals surface area contributed by atoms with Crippen molar-refractivity contribution in [3.63, 3.8) is 0 Å². The van der Waals surface area contributed by atoms with E-state index in [0.717, 1.165) is 76.7 Å². The third kappa shape index (κ3) is 11.0. The van der Waals surface area contributed by atoms with Gasteiger partial charge < -0.3 is 49.7 Å². The number of carbonyl (C=O) groups excluding carboxylic acids is 2. The Morgan fingerprint density at radius 2 is 0.946 bits per heavy atom. The second-order valence-corrected chi connectivity index (χ2v) is 19.1. The van der Waals surface area contributed by atoms with Crippen molar-refractivity contribution in [3.8, 4) is 11.5 Å². The van der Waals surface area contributed by atoms with Crippen LogP contribution in [-0.2, 0) is 45.1 Å². The van der Waals surface area contributed by atoms with Crippen molar-refractivity contribution in [1.29, 1.82) is 0 Å². The lowest BCUT2D eigenvalue weighted by Gasteiger charge is -2.42. The Kier molecular flexibility index (Phi) is 16.7. The van der Waals surface area contributed by atoms with Crippen LogP contribution in [0.2, 0.25) is 0 Å². The summed E-state index contributed by atoms with van der Waals surface area (Å²) in [5.74, 6) is -1.61. The zero-order valence-corrected chi connectivity index (χ0v) is 43.0. The molecule has 6 atom stereocenters. The number of H-pyrrole nitrogens is 2. The maximum atomic E-state index is 13.4. The van der Waals surface area contributed by atoms with Gasteiger partial charge >= 0.3 is 11.9 Å². The first-order chi connectivity index (χ1) is 35.7. The van der Waals surface area contributed by atoms with Crippen molar-refractivity contribution >= 4 is 56.7 Å². The summed E-state index contributed by atoms with van der Waals surface area (Å²) in [6.45, 7) is 14.3. The highest BCUT2D eigenvalue weighted by Gasteiger charge is 2.40. The molecule has 4 heterocycles. The van der Waals surface area contributed by atoms with Gasteiger partial charge in [0, 0.05) is 98.6 Å². The average molecular weight is 1010 g/mol. The first-order valence-corrected chi connectivity index (χ1v) is 25.5. The van der Waals surface area contributed by atoms with E-state index in [1.165, 1.54) is 66.3 Å². The SMILES string of the molecule is CCN(CC)C(=O)[C@@H]1C=C2c3cccc4[nH]cc(c34)C[C@H]2N(Cc2ccc(OC)cc2)C1.CCN(CC)C(=O)[C@@H]1C=C2c3cccc4[nH]cc(c34)C[C@H]2N(Cc2ccc(OC)cc2)C1.O=C(O)C(O)C(O)C(=O)O. The second kappa shape index (κ2) is 23.3. The molecule has 0 fully saturated rings. The van der Waals surface area contributed by atoms with E-state index >= 15 is 0 Å². The van der Waals surface area contributed by atoms with E-state index in [4.69, 9.17) is 29.9 Å². The maximum Gasteiger partial charge on any atom is 0.335 e. The van der Waals surface area contributed by atoms with Gasteiger partial charge in [0.1, 0.15) is 11.5 Å². The number of methoxy groups -OCH3 is 2. The number of nitrogens with one attached hydrogen (secondary N) is 2. The molecule has 4 aliphatic rings. The Labute approximate surface area is 431 Å². The van der Waals surface area contributed by atoms with Crippen molar-refractivity contribution in [1.82, 2.24) is 29.6 Å². The van der Waals surface area contributed by atoms with E-state index in [1.807, 2.05) is 34.1 Å². The summed E-state index contributed by atoms with van der Waals surface area (Å²) >= 11 is 0. The minimum absolute atomic E-state index is 0.129. The Balaban J connectivity index is 0.000000167. The van der Waals surface area contributed by atoms with Crippen LogP contribution in [0.1, 0.15) is 61.1 Å². The van der Waals surface area contributed by atoms with Crippen LogP contribution < -0.4 is 9.47 Å². The summed E-state index contributed by atoms with van der Waals surface area (Å²) < 4.78 is 10.7. The molecule has 2 aromatic heterocycles. The van der Waals surface area contributed by atoms with E-state index in [0.29, 0.717) is 0 Å². The number of carbonyl (C=O) groups is 4. The Morgan fingerprint density at radius 3 is 1.27 bits per heavy atom. The molecule has 2 amide bonds. The number of hydrogen-bond acceptors (Lipinski definition) is 10. The third-order valence-electron chi connectivity index (χ3n) is 14.9. The van der Waals surface area contributed by atoms with E-state index < -0.39 is 24.1 Å². The van der Waals surface area contributed by atoms with Crippen LogP contribution in [-0.4, -0.2) is 152 Å². The van der Waals surface area contributed by atoms with Gasteiger partial charge in [-0.05, 0) is 121 Å². The number of ether oxygens (including phenoxy) is 2. The summed E-state index contributed by atoms with van der Waals surface area (Å²) in [6.07, 6.45) is 6.24. The van der Waals surface area contributed by atoms with E-state index in [9.17, 15) is 19.2 Å². The normalized spacial score (nSPS) is 19.5. The predicted octanol–water partition coefficient (Wildman–Crippen LogP) is 6.85. The molecule has 10 rings (SSSR count). The lowest BCUT2D eigenvalue weighted by Crippen LogP contribution is -2.48. The number of amides is 2. The van der Waals surface area contributed by atoms with Gasteiger partial charge in [-0.25, -0.2) is 9.59 Å². The van der Waals surface area contributed by atoms with E-state index in [-0.39, 0.29) is 35.7 Å². The van der Waals surface area contributed by atoms with Crippen molar-refractivity contribution in [2.45, 2.75) is 77.9 Å². The Morgan fingerprint density at radius 1 is 0.581 bits per heavy atom. The summed E-state index contributed by atoms with van der Waals surface area (Å²) in [6, 6.07) is 30.1. The van der Waals surface area contributed by atoms with Gasteiger partial charge in [0.15, 0.2) is 12.2 Å². The summed E-state index contributed by atoms with van der Waals surface area (Å²) in [4.78, 5) is 62.1. The molecule has 0 saturated heterocycles. The van der Waals surface area contributed by atoms with Crippen LogP contribution in [0.25, 0.3) is 33.0 Å². The van der Waals surface area contributed by atoms with Gasteiger partial charge in [-0.3, -0.25) is 19.4 Å². The Hall–Kier alpha value is -7.24. The highest BCUT2D eigenvalue weighted by atomic mass is 16.5. The number of fused-ring (bicyclic) bond motifs is 4. The van der Waals surface area contributed by atoms with Crippen LogP contribution in [0.3, 0.4) is 0 Å². The molecular formula is C58H68N6O10. The van der Waals surface area contributed by atoms with Crippen LogP contribution in [0.4, 0.5) is 0 Å². The minimum atomic E-state index is -2.27. The first kappa shape index (κ1) is 53.1. The smallest absolute Gasteiger partial charge is 0.335 e. The molecule has 0 spiro atoms. The molecule has 2 aliphatic carbocycles. The van der Waals surface area contributed by atoms with Gasteiger partial charge in [0.05, 0.1) is 26.1 Å². The number of aliphatic carboxylic acids is 2. The maximum absolute atomic E-state index is 13.4. The molecule has 6 aromatic rings. The van der Waals surface area contributed by atoms with Crippen LogP contribution in [0.5, 0.6) is 11.5 Å². The van der Waals surface area contributed by atoms with Crippen LogP contribution in [0.15, 0.2) is 109 Å². The number of carboxylic acid groups (broad SMARTS) is 2. The standard InChI is InChI=1S/2C27H31N3O2.C4H6O6/c2*1-4-29(5-2)27(31)20-13-23-22-7-6-8-24-26(22)19(15-28-24)14-25(23)30(17-20)16-18-9-11-21(32-3)12-10-18;5-1(3(7)8)2(6)4(9)10/h2*6-13,15,20,25,28H,4-5,14,16-17H2,1-3H3;1-2,5-6H,(H,7,8)(H,9,10)/t2*20-,25-;/m11./s1. The minimum Gasteiger partial charge on any atom is -0.497 e. The van der Waals surface area contributed by atoms with Gasteiger partial charge in [-0.15, -0.1) is 0 Å². The summed E-state index contributed by atoms with van der Waals surface area (Å²) in [7, 11) is 3.38. The summed E-state index contributed by atoms with van der Waals surface area (Å²) in [5.41, 5.74) is 12.7. The molecule has 6 N–H and O–H groups in total. The zero-order chi connectivity index (χ0) is 52.8. The van der Waals surface area contributed by atoms with Crippen LogP contribution >= 0.6 is 0 Å². The second-order valence-electron chi connectivity index (χ2n) is 19.1. The van der Waals surface area contributed by atoms with Crippen molar-refractivity contribution in [3.05, 3.63) is 143 Å². The fourth-order valence-corrected chi connectivity index (χ4v) is 11.1. The number of aromatic nitrogens is 2. The highest BCUT2D eigenvalue weighted by Crippen LogP contribution is 2.44. The van der Waals surface area contributed by atoms with Crippen LogP contribution in [0, 0.1) is 11.8 Å². The number of carboxylic acids is 2. The first-order valence-electron chi connectivity index (χ1n) is 25.5. The van der Waals surface area contributed by atoms with Gasteiger partial charge in [-0.1, -0.05) is 60.7 Å². The molecule has 0 bridgehead atoms. The summed E-state index contributed by atoms with van der Waals surface area (Å²) in [5, 5.41) is 35.2. The quantitative estimate of drug-likeness (QED) is 0.0624. The van der Waals surface area contributed by atoms with E-state index in [2.05, 4.69) is 133 Å².